The molecule has 0 unspecified atom stereocenters. The van der Waals surface area contributed by atoms with E-state index in [-0.39, 0.29) is 5.91 Å². The molecule has 1 amide bonds. The summed E-state index contributed by atoms with van der Waals surface area (Å²) < 4.78 is 11.5. The van der Waals surface area contributed by atoms with E-state index < -0.39 is 0 Å². The Morgan fingerprint density at radius 1 is 1.06 bits per heavy atom. The van der Waals surface area contributed by atoms with Crippen LogP contribution in [0.25, 0.3) is 10.2 Å². The highest BCUT2D eigenvalue weighted by Crippen LogP contribution is 2.32. The number of ether oxygens (including phenoxy) is 2. The SMILES string of the molecule is COc1ccc(SCCC(=O)N(Cc2cccnc2)c2nc3cc(OC)ccc3s2)cc1. The number of benzene rings is 2. The second-order valence-corrected chi connectivity index (χ2v) is 9.12. The number of amides is 1. The molecule has 0 bridgehead atoms. The lowest BCUT2D eigenvalue weighted by molar-refractivity contribution is -0.118. The second kappa shape index (κ2) is 10.5. The zero-order valence-electron chi connectivity index (χ0n) is 17.9. The summed E-state index contributed by atoms with van der Waals surface area (Å²) in [6, 6.07) is 17.5. The number of nitrogens with zero attached hydrogens (tertiary/aromatic N) is 3. The summed E-state index contributed by atoms with van der Waals surface area (Å²) in [5.41, 5.74) is 1.78. The van der Waals surface area contributed by atoms with Crippen molar-refractivity contribution < 1.29 is 14.3 Å². The molecule has 4 rings (SSSR count). The Bertz CT molecular complexity index is 1180. The van der Waals surface area contributed by atoms with Gasteiger partial charge in [-0.15, -0.1) is 11.8 Å². The number of aromatic nitrogens is 2. The van der Waals surface area contributed by atoms with Gasteiger partial charge in [0.05, 0.1) is 31.0 Å². The van der Waals surface area contributed by atoms with Crippen LogP contribution in [0, 0.1) is 0 Å². The zero-order chi connectivity index (χ0) is 22.3. The Kier molecular flexibility index (Phi) is 7.24. The lowest BCUT2D eigenvalue weighted by atomic mass is 10.2. The minimum absolute atomic E-state index is 0.0286. The van der Waals surface area contributed by atoms with Crippen LogP contribution in [0.1, 0.15) is 12.0 Å². The van der Waals surface area contributed by atoms with Gasteiger partial charge in [0.15, 0.2) is 5.13 Å². The number of carbonyl (C=O) groups excluding carboxylic acids is 1. The normalized spacial score (nSPS) is 10.8. The molecule has 6 nitrogen and oxygen atoms in total. The molecular weight excluding hydrogens is 442 g/mol. The van der Waals surface area contributed by atoms with Crippen molar-refractivity contribution in [3.63, 3.8) is 0 Å². The first kappa shape index (κ1) is 22.1. The fourth-order valence-corrected chi connectivity index (χ4v) is 4.94. The molecule has 2 aromatic carbocycles. The number of anilines is 1. The molecule has 0 saturated carbocycles. The molecular formula is C24H23N3O3S2. The molecule has 0 fully saturated rings. The van der Waals surface area contributed by atoms with Crippen LogP contribution in [0.2, 0.25) is 0 Å². The van der Waals surface area contributed by atoms with Crippen molar-refractivity contribution in [1.82, 2.24) is 9.97 Å². The van der Waals surface area contributed by atoms with Crippen LogP contribution in [-0.2, 0) is 11.3 Å². The summed E-state index contributed by atoms with van der Waals surface area (Å²) in [6.07, 6.45) is 3.91. The zero-order valence-corrected chi connectivity index (χ0v) is 19.5. The summed E-state index contributed by atoms with van der Waals surface area (Å²) in [4.78, 5) is 25.0. The maximum Gasteiger partial charge on any atom is 0.229 e. The van der Waals surface area contributed by atoms with Gasteiger partial charge in [0.1, 0.15) is 11.5 Å². The van der Waals surface area contributed by atoms with E-state index in [0.29, 0.717) is 23.8 Å². The Morgan fingerprint density at radius 3 is 2.56 bits per heavy atom. The summed E-state index contributed by atoms with van der Waals surface area (Å²) >= 11 is 3.15. The Labute approximate surface area is 195 Å². The van der Waals surface area contributed by atoms with Crippen LogP contribution in [0.5, 0.6) is 11.5 Å². The summed E-state index contributed by atoms with van der Waals surface area (Å²) in [5.74, 6) is 2.27. The summed E-state index contributed by atoms with van der Waals surface area (Å²) in [5, 5.41) is 0.677. The molecule has 2 heterocycles. The first-order valence-corrected chi connectivity index (χ1v) is 11.9. The second-order valence-electron chi connectivity index (χ2n) is 6.95. The average molecular weight is 466 g/mol. The van der Waals surface area contributed by atoms with E-state index in [0.717, 1.165) is 32.2 Å². The summed E-state index contributed by atoms with van der Waals surface area (Å²) in [7, 11) is 3.28. The molecule has 0 aliphatic heterocycles. The number of thiazole rings is 1. The number of hydrogen-bond donors (Lipinski definition) is 0. The largest absolute Gasteiger partial charge is 0.497 e. The standard InChI is InChI=1S/C24H23N3O3S2/c1-29-18-5-8-20(9-6-18)31-13-11-23(28)27(16-17-4-3-12-25-15-17)24-26-21-14-19(30-2)7-10-22(21)32-24/h3-10,12,14-15H,11,13,16H2,1-2H3. The molecule has 2 aromatic heterocycles. The van der Waals surface area contributed by atoms with E-state index in [4.69, 9.17) is 14.5 Å². The molecule has 32 heavy (non-hydrogen) atoms. The molecule has 0 aliphatic carbocycles. The number of fused-ring (bicyclic) bond motifs is 1. The van der Waals surface area contributed by atoms with Gasteiger partial charge in [-0.1, -0.05) is 17.4 Å². The van der Waals surface area contributed by atoms with Crippen molar-refractivity contribution >= 4 is 44.4 Å². The van der Waals surface area contributed by atoms with Crippen molar-refractivity contribution in [2.75, 3.05) is 24.9 Å². The number of pyridine rings is 1. The van der Waals surface area contributed by atoms with E-state index in [2.05, 4.69) is 4.98 Å². The van der Waals surface area contributed by atoms with Gasteiger partial charge >= 0.3 is 0 Å². The lowest BCUT2D eigenvalue weighted by Crippen LogP contribution is -2.30. The molecule has 164 valence electrons. The van der Waals surface area contributed by atoms with E-state index in [1.807, 2.05) is 54.6 Å². The number of rotatable bonds is 9. The topological polar surface area (TPSA) is 64.5 Å². The molecule has 0 atom stereocenters. The van der Waals surface area contributed by atoms with Crippen LogP contribution >= 0.6 is 23.1 Å². The third-order valence-corrected chi connectivity index (χ3v) is 6.90. The molecule has 0 radical (unpaired) electrons. The monoisotopic (exact) mass is 465 g/mol. The summed E-state index contributed by atoms with van der Waals surface area (Å²) in [6.45, 7) is 0.427. The molecule has 0 spiro atoms. The molecule has 8 heteroatoms. The highest BCUT2D eigenvalue weighted by atomic mass is 32.2. The predicted molar refractivity (Wildman–Crippen MR) is 130 cm³/mol. The third-order valence-electron chi connectivity index (χ3n) is 4.82. The van der Waals surface area contributed by atoms with E-state index >= 15 is 0 Å². The highest BCUT2D eigenvalue weighted by Gasteiger charge is 2.20. The Hall–Kier alpha value is -3.10. The highest BCUT2D eigenvalue weighted by molar-refractivity contribution is 7.99. The molecule has 0 saturated heterocycles. The van der Waals surface area contributed by atoms with E-state index in [9.17, 15) is 4.79 Å². The first-order chi connectivity index (χ1) is 15.7. The number of carbonyl (C=O) groups is 1. The van der Waals surface area contributed by atoms with Gasteiger partial charge in [0.25, 0.3) is 0 Å². The van der Waals surface area contributed by atoms with Crippen LogP contribution in [0.15, 0.2) is 71.9 Å². The molecule has 0 N–H and O–H groups in total. The average Bonchev–Trinajstić information content (AvgIpc) is 3.26. The van der Waals surface area contributed by atoms with Crippen molar-refractivity contribution in [3.05, 3.63) is 72.6 Å². The Balaban J connectivity index is 1.51. The van der Waals surface area contributed by atoms with Crippen molar-refractivity contribution in [2.45, 2.75) is 17.9 Å². The maximum atomic E-state index is 13.3. The van der Waals surface area contributed by atoms with Crippen LogP contribution in [0.4, 0.5) is 5.13 Å². The lowest BCUT2D eigenvalue weighted by Gasteiger charge is -2.20. The number of methoxy groups -OCH3 is 2. The van der Waals surface area contributed by atoms with Gasteiger partial charge in [-0.2, -0.15) is 0 Å². The van der Waals surface area contributed by atoms with Gasteiger partial charge in [0.2, 0.25) is 5.91 Å². The predicted octanol–water partition coefficient (Wildman–Crippen LogP) is 5.42. The minimum atomic E-state index is 0.0286. The van der Waals surface area contributed by atoms with E-state index in [1.165, 1.54) is 11.3 Å². The van der Waals surface area contributed by atoms with Crippen molar-refractivity contribution in [3.8, 4) is 11.5 Å². The fourth-order valence-electron chi connectivity index (χ4n) is 3.14. The van der Waals surface area contributed by atoms with Gasteiger partial charge in [-0.3, -0.25) is 14.7 Å². The van der Waals surface area contributed by atoms with Gasteiger partial charge in [-0.05, 0) is 48.0 Å². The molecule has 4 aromatic rings. The van der Waals surface area contributed by atoms with Gasteiger partial charge < -0.3 is 9.47 Å². The Morgan fingerprint density at radius 2 is 1.84 bits per heavy atom. The van der Waals surface area contributed by atoms with Crippen LogP contribution in [-0.4, -0.2) is 35.8 Å². The van der Waals surface area contributed by atoms with Crippen LogP contribution in [0.3, 0.4) is 0 Å². The minimum Gasteiger partial charge on any atom is -0.497 e. The van der Waals surface area contributed by atoms with Crippen LogP contribution < -0.4 is 14.4 Å². The van der Waals surface area contributed by atoms with Gasteiger partial charge in [-0.25, -0.2) is 4.98 Å². The van der Waals surface area contributed by atoms with E-state index in [1.54, 1.807) is 43.3 Å². The number of thioether (sulfide) groups is 1. The van der Waals surface area contributed by atoms with Crippen molar-refractivity contribution in [1.29, 1.82) is 0 Å². The van der Waals surface area contributed by atoms with Crippen molar-refractivity contribution in [2.24, 2.45) is 0 Å². The molecule has 0 aliphatic rings. The fraction of sp³-hybridized carbons (Fsp3) is 0.208. The quantitative estimate of drug-likeness (QED) is 0.307. The smallest absolute Gasteiger partial charge is 0.229 e. The maximum absolute atomic E-state index is 13.3. The third kappa shape index (κ3) is 5.38. The van der Waals surface area contributed by atoms with Gasteiger partial charge in [0, 0.05) is 35.5 Å². The first-order valence-electron chi connectivity index (χ1n) is 10.1. The number of hydrogen-bond acceptors (Lipinski definition) is 7.